The Bertz CT molecular complexity index is 400. The molecule has 0 bridgehead atoms. The Morgan fingerprint density at radius 2 is 2.11 bits per heavy atom. The predicted octanol–water partition coefficient (Wildman–Crippen LogP) is 3.18. The molecule has 2 heteroatoms. The van der Waals surface area contributed by atoms with Crippen LogP contribution in [0.3, 0.4) is 0 Å². The predicted molar refractivity (Wildman–Crippen MR) is 77.7 cm³/mol. The second-order valence-electron chi connectivity index (χ2n) is 5.69. The van der Waals surface area contributed by atoms with Crippen LogP contribution >= 0.6 is 0 Å². The number of rotatable bonds is 3. The average Bonchev–Trinajstić information content (AvgIpc) is 2.36. The van der Waals surface area contributed by atoms with E-state index >= 15 is 0 Å². The largest absolute Gasteiger partial charge is 0.329 e. The first kappa shape index (κ1) is 13.6. The highest BCUT2D eigenvalue weighted by atomic mass is 15.2. The fraction of sp³-hybridized carbons (Fsp3) is 0.625. The van der Waals surface area contributed by atoms with E-state index in [1.807, 2.05) is 0 Å². The van der Waals surface area contributed by atoms with Crippen molar-refractivity contribution in [2.75, 3.05) is 13.1 Å². The van der Waals surface area contributed by atoms with Gasteiger partial charge >= 0.3 is 0 Å². The molecule has 2 N–H and O–H groups in total. The van der Waals surface area contributed by atoms with Gasteiger partial charge in [-0.2, -0.15) is 0 Å². The Kier molecular flexibility index (Phi) is 4.41. The summed E-state index contributed by atoms with van der Waals surface area (Å²) in [6.07, 6.45) is 3.98. The molecule has 2 rings (SSSR count). The second-order valence-corrected chi connectivity index (χ2v) is 5.69. The summed E-state index contributed by atoms with van der Waals surface area (Å²) in [6.45, 7) is 8.61. The molecule has 2 unspecified atom stereocenters. The van der Waals surface area contributed by atoms with E-state index in [4.69, 9.17) is 5.73 Å². The first-order valence-electron chi connectivity index (χ1n) is 7.16. The van der Waals surface area contributed by atoms with E-state index in [1.165, 1.54) is 42.5 Å². The highest BCUT2D eigenvalue weighted by Gasteiger charge is 2.27. The third-order valence-corrected chi connectivity index (χ3v) is 4.27. The Hall–Kier alpha value is -0.860. The monoisotopic (exact) mass is 246 g/mol. The third-order valence-electron chi connectivity index (χ3n) is 4.27. The van der Waals surface area contributed by atoms with Gasteiger partial charge in [0.2, 0.25) is 0 Å². The lowest BCUT2D eigenvalue weighted by atomic mass is 9.93. The van der Waals surface area contributed by atoms with Crippen LogP contribution in [0.2, 0.25) is 0 Å². The van der Waals surface area contributed by atoms with Crippen molar-refractivity contribution in [2.45, 2.75) is 52.1 Å². The molecule has 0 aliphatic carbocycles. The van der Waals surface area contributed by atoms with Crippen molar-refractivity contribution in [1.29, 1.82) is 0 Å². The maximum atomic E-state index is 6.08. The lowest BCUT2D eigenvalue weighted by Crippen LogP contribution is -2.43. The molecular weight excluding hydrogens is 220 g/mol. The van der Waals surface area contributed by atoms with Gasteiger partial charge in [0.15, 0.2) is 0 Å². The molecule has 1 aliphatic heterocycles. The van der Waals surface area contributed by atoms with Gasteiger partial charge in [0.25, 0.3) is 0 Å². The van der Waals surface area contributed by atoms with E-state index in [1.54, 1.807) is 0 Å². The molecule has 0 amide bonds. The summed E-state index contributed by atoms with van der Waals surface area (Å²) in [7, 11) is 0. The minimum Gasteiger partial charge on any atom is -0.329 e. The van der Waals surface area contributed by atoms with E-state index in [2.05, 4.69) is 43.9 Å². The van der Waals surface area contributed by atoms with Gasteiger partial charge in [0, 0.05) is 18.6 Å². The van der Waals surface area contributed by atoms with Gasteiger partial charge in [-0.1, -0.05) is 30.2 Å². The maximum absolute atomic E-state index is 6.08. The molecule has 1 aliphatic rings. The van der Waals surface area contributed by atoms with Gasteiger partial charge in [0.05, 0.1) is 0 Å². The van der Waals surface area contributed by atoms with Crippen LogP contribution in [0.15, 0.2) is 18.2 Å². The summed E-state index contributed by atoms with van der Waals surface area (Å²) in [6, 6.07) is 7.77. The molecule has 1 heterocycles. The summed E-state index contributed by atoms with van der Waals surface area (Å²) in [5.74, 6) is 0. The molecule has 2 atom stereocenters. The SMILES string of the molecule is Cc1ccc(C)c(C(CN)N2CCCCC2C)c1. The van der Waals surface area contributed by atoms with Gasteiger partial charge in [-0.05, 0) is 51.3 Å². The molecule has 0 spiro atoms. The Morgan fingerprint density at radius 1 is 1.33 bits per heavy atom. The Labute approximate surface area is 111 Å². The Morgan fingerprint density at radius 3 is 2.78 bits per heavy atom. The molecule has 1 saturated heterocycles. The fourth-order valence-corrected chi connectivity index (χ4v) is 3.14. The highest BCUT2D eigenvalue weighted by Crippen LogP contribution is 2.30. The second kappa shape index (κ2) is 5.85. The van der Waals surface area contributed by atoms with Gasteiger partial charge in [-0.25, -0.2) is 0 Å². The first-order chi connectivity index (χ1) is 8.63. The van der Waals surface area contributed by atoms with Crippen molar-refractivity contribution < 1.29 is 0 Å². The molecular formula is C16H26N2. The van der Waals surface area contributed by atoms with Crippen molar-refractivity contribution >= 4 is 0 Å². The Balaban J connectivity index is 2.29. The number of hydrogen-bond acceptors (Lipinski definition) is 2. The molecule has 1 fully saturated rings. The van der Waals surface area contributed by atoms with Crippen molar-refractivity contribution in [2.24, 2.45) is 5.73 Å². The molecule has 1 aromatic carbocycles. The van der Waals surface area contributed by atoms with Gasteiger partial charge in [-0.15, -0.1) is 0 Å². The number of hydrogen-bond donors (Lipinski definition) is 1. The summed E-state index contributed by atoms with van der Waals surface area (Å²) >= 11 is 0. The van der Waals surface area contributed by atoms with Crippen LogP contribution < -0.4 is 5.73 Å². The molecule has 18 heavy (non-hydrogen) atoms. The minimum absolute atomic E-state index is 0.389. The van der Waals surface area contributed by atoms with Crippen molar-refractivity contribution in [3.8, 4) is 0 Å². The topological polar surface area (TPSA) is 29.3 Å². The maximum Gasteiger partial charge on any atom is 0.0475 e. The van der Waals surface area contributed by atoms with Crippen LogP contribution in [-0.4, -0.2) is 24.0 Å². The number of aryl methyl sites for hydroxylation is 2. The summed E-state index contributed by atoms with van der Waals surface area (Å²) < 4.78 is 0. The normalized spacial score (nSPS) is 23.0. The number of nitrogens with two attached hydrogens (primary N) is 1. The molecule has 2 nitrogen and oxygen atoms in total. The van der Waals surface area contributed by atoms with E-state index in [-0.39, 0.29) is 0 Å². The van der Waals surface area contributed by atoms with Crippen molar-refractivity contribution in [3.05, 3.63) is 34.9 Å². The number of piperidine rings is 1. The van der Waals surface area contributed by atoms with Gasteiger partial charge in [-0.3, -0.25) is 4.90 Å². The van der Waals surface area contributed by atoms with Crippen LogP contribution in [0.1, 0.15) is 48.9 Å². The number of nitrogens with zero attached hydrogens (tertiary/aromatic N) is 1. The molecule has 1 aromatic rings. The van der Waals surface area contributed by atoms with Crippen LogP contribution in [-0.2, 0) is 0 Å². The molecule has 0 saturated carbocycles. The van der Waals surface area contributed by atoms with E-state index in [9.17, 15) is 0 Å². The summed E-state index contributed by atoms with van der Waals surface area (Å²) in [5, 5.41) is 0. The van der Waals surface area contributed by atoms with Crippen molar-refractivity contribution in [3.63, 3.8) is 0 Å². The van der Waals surface area contributed by atoms with E-state index in [0.717, 1.165) is 0 Å². The summed E-state index contributed by atoms with van der Waals surface area (Å²) in [5.41, 5.74) is 10.2. The standard InChI is InChI=1S/C16H26N2/c1-12-7-8-13(2)15(10-12)16(11-17)18-9-5-4-6-14(18)3/h7-8,10,14,16H,4-6,9,11,17H2,1-3H3. The van der Waals surface area contributed by atoms with Crippen LogP contribution in [0.5, 0.6) is 0 Å². The van der Waals surface area contributed by atoms with Crippen LogP contribution in [0.25, 0.3) is 0 Å². The number of benzene rings is 1. The molecule has 0 aromatic heterocycles. The van der Waals surface area contributed by atoms with Crippen LogP contribution in [0.4, 0.5) is 0 Å². The number of likely N-dealkylation sites (tertiary alicyclic amines) is 1. The lowest BCUT2D eigenvalue weighted by molar-refractivity contribution is 0.108. The first-order valence-corrected chi connectivity index (χ1v) is 7.16. The van der Waals surface area contributed by atoms with E-state index in [0.29, 0.717) is 18.6 Å². The quantitative estimate of drug-likeness (QED) is 0.887. The zero-order valence-corrected chi connectivity index (χ0v) is 11.9. The molecule has 100 valence electrons. The lowest BCUT2D eigenvalue weighted by Gasteiger charge is -2.40. The van der Waals surface area contributed by atoms with Gasteiger partial charge in [0.1, 0.15) is 0 Å². The van der Waals surface area contributed by atoms with Crippen molar-refractivity contribution in [1.82, 2.24) is 4.90 Å². The third kappa shape index (κ3) is 2.76. The van der Waals surface area contributed by atoms with Gasteiger partial charge < -0.3 is 5.73 Å². The molecule has 0 radical (unpaired) electrons. The van der Waals surface area contributed by atoms with E-state index < -0.39 is 0 Å². The van der Waals surface area contributed by atoms with Crippen LogP contribution in [0, 0.1) is 13.8 Å². The fourth-order valence-electron chi connectivity index (χ4n) is 3.14. The zero-order valence-electron chi connectivity index (χ0n) is 11.9. The minimum atomic E-state index is 0.389. The average molecular weight is 246 g/mol. The summed E-state index contributed by atoms with van der Waals surface area (Å²) in [4.78, 5) is 2.60. The zero-order chi connectivity index (χ0) is 13.1. The smallest absolute Gasteiger partial charge is 0.0475 e. The highest BCUT2D eigenvalue weighted by molar-refractivity contribution is 5.33.